The maximum atomic E-state index is 13.4. The molecular formula is C27H33N3O5. The lowest BCUT2D eigenvalue weighted by atomic mass is 9.95. The van der Waals surface area contributed by atoms with Crippen LogP contribution in [0.1, 0.15) is 42.7 Å². The molecule has 1 fully saturated rings. The number of benzene rings is 2. The molecule has 2 N–H and O–H groups in total. The first-order valence-corrected chi connectivity index (χ1v) is 12.0. The molecule has 8 nitrogen and oxygen atoms in total. The number of ether oxygens (including phenoxy) is 1. The Balaban J connectivity index is 1.46. The number of carbonyl (C=O) groups excluding carboxylic acids is 2. The van der Waals surface area contributed by atoms with Crippen molar-refractivity contribution in [1.82, 2.24) is 15.1 Å². The monoisotopic (exact) mass is 479 g/mol. The van der Waals surface area contributed by atoms with Crippen LogP contribution in [-0.2, 0) is 14.3 Å². The average molecular weight is 480 g/mol. The van der Waals surface area contributed by atoms with Gasteiger partial charge < -0.3 is 25.0 Å². The zero-order chi connectivity index (χ0) is 25.2. The maximum absolute atomic E-state index is 13.4. The van der Waals surface area contributed by atoms with Crippen LogP contribution in [-0.4, -0.2) is 78.8 Å². The van der Waals surface area contributed by atoms with Crippen LogP contribution in [0.15, 0.2) is 48.5 Å². The number of aliphatic carboxylic acids is 1. The third kappa shape index (κ3) is 4.75. The van der Waals surface area contributed by atoms with Crippen molar-refractivity contribution in [1.29, 1.82) is 0 Å². The molecule has 2 amide bonds. The molecule has 35 heavy (non-hydrogen) atoms. The molecule has 0 radical (unpaired) electrons. The van der Waals surface area contributed by atoms with Gasteiger partial charge in [0.05, 0.1) is 0 Å². The van der Waals surface area contributed by atoms with Crippen LogP contribution in [0.5, 0.6) is 0 Å². The van der Waals surface area contributed by atoms with E-state index in [-0.39, 0.29) is 19.1 Å². The van der Waals surface area contributed by atoms with Crippen LogP contribution in [0.3, 0.4) is 0 Å². The fourth-order valence-electron chi connectivity index (χ4n) is 5.43. The highest BCUT2D eigenvalue weighted by Gasteiger charge is 2.48. The van der Waals surface area contributed by atoms with Gasteiger partial charge in [-0.1, -0.05) is 61.4 Å². The molecule has 0 heterocycles. The largest absolute Gasteiger partial charge is 0.479 e. The number of likely N-dealkylation sites (N-methyl/N-ethyl adjacent to an activating group) is 2. The Bertz CT molecular complexity index is 1060. The number of nitrogens with zero attached hydrogens (tertiary/aromatic N) is 2. The van der Waals surface area contributed by atoms with Gasteiger partial charge in [0.2, 0.25) is 5.91 Å². The van der Waals surface area contributed by atoms with Crippen molar-refractivity contribution in [2.75, 3.05) is 34.3 Å². The lowest BCUT2D eigenvalue weighted by Crippen LogP contribution is -2.60. The van der Waals surface area contributed by atoms with Gasteiger partial charge in [-0.2, -0.15) is 0 Å². The molecule has 2 aliphatic rings. The fraction of sp³-hybridized carbons (Fsp3) is 0.444. The smallest absolute Gasteiger partial charge is 0.407 e. The van der Waals surface area contributed by atoms with E-state index in [0.29, 0.717) is 12.8 Å². The highest BCUT2D eigenvalue weighted by Crippen LogP contribution is 2.44. The van der Waals surface area contributed by atoms with E-state index in [1.807, 2.05) is 36.4 Å². The van der Waals surface area contributed by atoms with Gasteiger partial charge in [0.1, 0.15) is 18.2 Å². The summed E-state index contributed by atoms with van der Waals surface area (Å²) in [5.41, 5.74) is 3.24. The predicted octanol–water partition coefficient (Wildman–Crippen LogP) is 3.31. The molecule has 2 aromatic carbocycles. The quantitative estimate of drug-likeness (QED) is 0.603. The molecule has 186 valence electrons. The second-order valence-corrected chi connectivity index (χ2v) is 9.73. The van der Waals surface area contributed by atoms with E-state index in [9.17, 15) is 19.5 Å². The maximum Gasteiger partial charge on any atom is 0.407 e. The van der Waals surface area contributed by atoms with Gasteiger partial charge in [-0.3, -0.25) is 4.79 Å². The minimum absolute atomic E-state index is 0.0902. The van der Waals surface area contributed by atoms with Crippen LogP contribution >= 0.6 is 0 Å². The molecule has 0 aromatic heterocycles. The van der Waals surface area contributed by atoms with Gasteiger partial charge in [0.25, 0.3) is 0 Å². The Hall–Kier alpha value is -3.39. The lowest BCUT2D eigenvalue weighted by Gasteiger charge is -2.37. The van der Waals surface area contributed by atoms with E-state index in [4.69, 9.17) is 4.74 Å². The molecule has 0 saturated heterocycles. The number of hydrogen-bond donors (Lipinski definition) is 2. The molecular weight excluding hydrogens is 446 g/mol. The number of alkyl carbamates (subject to hydrolysis) is 1. The summed E-state index contributed by atoms with van der Waals surface area (Å²) in [6, 6.07) is 15.2. The lowest BCUT2D eigenvalue weighted by molar-refractivity contribution is -0.158. The van der Waals surface area contributed by atoms with Crippen molar-refractivity contribution in [3.05, 3.63) is 59.7 Å². The predicted molar refractivity (Wildman–Crippen MR) is 132 cm³/mol. The third-order valence-electron chi connectivity index (χ3n) is 7.28. The van der Waals surface area contributed by atoms with Crippen molar-refractivity contribution in [3.63, 3.8) is 0 Å². The molecule has 4 rings (SSSR count). The Kier molecular flexibility index (Phi) is 7.12. The number of nitrogens with one attached hydrogen (secondary N) is 1. The number of rotatable bonds is 8. The molecule has 1 saturated carbocycles. The van der Waals surface area contributed by atoms with Gasteiger partial charge in [0, 0.05) is 19.5 Å². The van der Waals surface area contributed by atoms with Gasteiger partial charge in [0.15, 0.2) is 0 Å². The van der Waals surface area contributed by atoms with Crippen LogP contribution in [0, 0.1) is 0 Å². The number of hydrogen-bond acceptors (Lipinski definition) is 5. The zero-order valence-corrected chi connectivity index (χ0v) is 20.5. The molecule has 2 aromatic rings. The highest BCUT2D eigenvalue weighted by molar-refractivity contribution is 5.91. The summed E-state index contributed by atoms with van der Waals surface area (Å²) in [7, 11) is 5.11. The van der Waals surface area contributed by atoms with Gasteiger partial charge in [-0.05, 0) is 49.2 Å². The summed E-state index contributed by atoms with van der Waals surface area (Å²) in [4.78, 5) is 41.4. The summed E-state index contributed by atoms with van der Waals surface area (Å²) in [6.45, 7) is 0.362. The first-order valence-electron chi connectivity index (χ1n) is 12.0. The van der Waals surface area contributed by atoms with Crippen molar-refractivity contribution < 1.29 is 24.2 Å². The highest BCUT2D eigenvalue weighted by atomic mass is 16.5. The molecule has 0 spiro atoms. The van der Waals surface area contributed by atoms with E-state index in [1.54, 1.807) is 19.0 Å². The van der Waals surface area contributed by atoms with Crippen LogP contribution in [0.2, 0.25) is 0 Å². The standard InChI is InChI=1S/C27H33N3O5/c1-29(2)16-23(24(31)30(3)27(25(32)33)14-8-9-15-27)28-26(34)35-17-22-20-12-6-4-10-18(20)19-11-5-7-13-21(19)22/h4-7,10-13,22-23H,8-9,14-17H2,1-3H3,(H,28,34)(H,32,33). The van der Waals surface area contributed by atoms with Gasteiger partial charge >= 0.3 is 12.1 Å². The van der Waals surface area contributed by atoms with E-state index in [0.717, 1.165) is 35.1 Å². The van der Waals surface area contributed by atoms with Gasteiger partial charge in [-0.15, -0.1) is 0 Å². The average Bonchev–Trinajstić information content (AvgIpc) is 3.46. The number of carbonyl (C=O) groups is 3. The van der Waals surface area contributed by atoms with E-state index in [2.05, 4.69) is 17.4 Å². The molecule has 1 unspecified atom stereocenters. The normalized spacial score (nSPS) is 16.9. The molecule has 0 aliphatic heterocycles. The SMILES string of the molecule is CN(C)CC(NC(=O)OCC1c2ccccc2-c2ccccc21)C(=O)N(C)C1(C(=O)O)CCCC1. The minimum Gasteiger partial charge on any atom is -0.479 e. The van der Waals surface area contributed by atoms with Crippen molar-refractivity contribution in [2.24, 2.45) is 0 Å². The number of carboxylic acids is 1. The molecule has 0 bridgehead atoms. The summed E-state index contributed by atoms with van der Waals surface area (Å²) in [6.07, 6.45) is 1.62. The Labute approximate surface area is 205 Å². The zero-order valence-electron chi connectivity index (χ0n) is 20.5. The Morgan fingerprint density at radius 2 is 1.54 bits per heavy atom. The second kappa shape index (κ2) is 10.1. The van der Waals surface area contributed by atoms with Crippen molar-refractivity contribution in [3.8, 4) is 11.1 Å². The van der Waals surface area contributed by atoms with Crippen LogP contribution in [0.25, 0.3) is 11.1 Å². The Morgan fingerprint density at radius 3 is 2.06 bits per heavy atom. The first kappa shape index (κ1) is 24.7. The molecule has 1 atom stereocenters. The second-order valence-electron chi connectivity index (χ2n) is 9.73. The minimum atomic E-state index is -1.23. The van der Waals surface area contributed by atoms with Crippen LogP contribution < -0.4 is 5.32 Å². The van der Waals surface area contributed by atoms with Crippen molar-refractivity contribution in [2.45, 2.75) is 43.2 Å². The van der Waals surface area contributed by atoms with E-state index < -0.39 is 29.6 Å². The summed E-state index contributed by atoms with van der Waals surface area (Å²) in [5.74, 6) is -1.53. The number of carboxylic acid groups (broad SMARTS) is 1. The molecule has 2 aliphatic carbocycles. The summed E-state index contributed by atoms with van der Waals surface area (Å²) in [5, 5.41) is 12.6. The fourth-order valence-corrected chi connectivity index (χ4v) is 5.43. The summed E-state index contributed by atoms with van der Waals surface area (Å²) < 4.78 is 5.62. The van der Waals surface area contributed by atoms with Crippen LogP contribution in [0.4, 0.5) is 4.79 Å². The van der Waals surface area contributed by atoms with E-state index in [1.165, 1.54) is 11.9 Å². The molecule has 8 heteroatoms. The number of fused-ring (bicyclic) bond motifs is 3. The van der Waals surface area contributed by atoms with Gasteiger partial charge in [-0.25, -0.2) is 9.59 Å². The third-order valence-corrected chi connectivity index (χ3v) is 7.28. The van der Waals surface area contributed by atoms with Crippen molar-refractivity contribution >= 4 is 18.0 Å². The van der Waals surface area contributed by atoms with E-state index >= 15 is 0 Å². The topological polar surface area (TPSA) is 99.2 Å². The first-order chi connectivity index (χ1) is 16.7. The summed E-state index contributed by atoms with van der Waals surface area (Å²) >= 11 is 0. The number of amides is 2. The Morgan fingerprint density at radius 1 is 1.00 bits per heavy atom.